The third kappa shape index (κ3) is 3.48. The van der Waals surface area contributed by atoms with Gasteiger partial charge >= 0.3 is 5.97 Å². The largest absolute Gasteiger partial charge is 0.478 e. The number of ketones is 1. The summed E-state index contributed by atoms with van der Waals surface area (Å²) in [5.41, 5.74) is 0.849. The predicted octanol–water partition coefficient (Wildman–Crippen LogP) is 3.05. The first-order valence-corrected chi connectivity index (χ1v) is 9.29. The molecule has 6 nitrogen and oxygen atoms in total. The molecule has 1 aromatic carbocycles. The number of ether oxygens (including phenoxy) is 2. The van der Waals surface area contributed by atoms with Crippen molar-refractivity contribution in [3.05, 3.63) is 46.2 Å². The van der Waals surface area contributed by atoms with Crippen LogP contribution in [-0.4, -0.2) is 36.9 Å². The Bertz CT molecular complexity index is 830. The van der Waals surface area contributed by atoms with E-state index in [4.69, 9.17) is 9.47 Å². The summed E-state index contributed by atoms with van der Waals surface area (Å²) in [7, 11) is 0. The molecule has 1 aliphatic heterocycles. The van der Waals surface area contributed by atoms with Crippen molar-refractivity contribution in [1.82, 2.24) is 0 Å². The van der Waals surface area contributed by atoms with Gasteiger partial charge in [0.05, 0.1) is 17.2 Å². The molecule has 0 spiro atoms. The van der Waals surface area contributed by atoms with E-state index in [9.17, 15) is 14.4 Å². The van der Waals surface area contributed by atoms with Crippen molar-refractivity contribution in [3.63, 3.8) is 0 Å². The smallest absolute Gasteiger partial charge is 0.326 e. The number of rotatable bonds is 6. The van der Waals surface area contributed by atoms with Crippen LogP contribution in [0.3, 0.4) is 0 Å². The monoisotopic (exact) mass is 373 g/mol. The molecule has 136 valence electrons. The summed E-state index contributed by atoms with van der Waals surface area (Å²) in [5, 5.41) is 1.83. The van der Waals surface area contributed by atoms with Crippen molar-refractivity contribution >= 4 is 34.7 Å². The Morgan fingerprint density at radius 2 is 2.08 bits per heavy atom. The molecule has 0 saturated carbocycles. The van der Waals surface area contributed by atoms with Gasteiger partial charge in [-0.15, -0.1) is 11.3 Å². The van der Waals surface area contributed by atoms with E-state index in [0.29, 0.717) is 28.3 Å². The van der Waals surface area contributed by atoms with E-state index in [1.165, 1.54) is 16.2 Å². The Morgan fingerprint density at radius 3 is 2.73 bits per heavy atom. The second kappa shape index (κ2) is 7.70. The number of nitrogens with zero attached hydrogens (tertiary/aromatic N) is 1. The molecular formula is C19H19NO5S. The van der Waals surface area contributed by atoms with E-state index in [1.54, 1.807) is 31.2 Å². The van der Waals surface area contributed by atoms with Crippen LogP contribution >= 0.6 is 11.3 Å². The molecule has 0 aliphatic carbocycles. The SMILES string of the molecule is CCOC(=O)CN1C(=O)[C@H](CC)Oc2ccc(C(=O)c3cccs3)cc21. The highest BCUT2D eigenvalue weighted by atomic mass is 32.1. The summed E-state index contributed by atoms with van der Waals surface area (Å²) >= 11 is 1.35. The molecule has 26 heavy (non-hydrogen) atoms. The number of fused-ring (bicyclic) bond motifs is 1. The van der Waals surface area contributed by atoms with Crippen LogP contribution in [0.15, 0.2) is 35.7 Å². The molecule has 0 bridgehead atoms. The van der Waals surface area contributed by atoms with Crippen LogP contribution < -0.4 is 9.64 Å². The second-order valence-electron chi connectivity index (χ2n) is 5.73. The second-order valence-corrected chi connectivity index (χ2v) is 6.68. The summed E-state index contributed by atoms with van der Waals surface area (Å²) in [4.78, 5) is 39.2. The van der Waals surface area contributed by atoms with E-state index in [-0.39, 0.29) is 24.8 Å². The number of benzene rings is 1. The van der Waals surface area contributed by atoms with Gasteiger partial charge in [0, 0.05) is 5.56 Å². The highest BCUT2D eigenvalue weighted by Gasteiger charge is 2.35. The lowest BCUT2D eigenvalue weighted by atomic mass is 10.1. The summed E-state index contributed by atoms with van der Waals surface area (Å²) in [6.45, 7) is 3.57. The van der Waals surface area contributed by atoms with Gasteiger partial charge in [-0.2, -0.15) is 0 Å². The van der Waals surface area contributed by atoms with Crippen LogP contribution in [0.25, 0.3) is 0 Å². The average Bonchev–Trinajstić information content (AvgIpc) is 3.17. The van der Waals surface area contributed by atoms with Crippen molar-refractivity contribution in [3.8, 4) is 5.75 Å². The zero-order chi connectivity index (χ0) is 18.7. The highest BCUT2D eigenvalue weighted by Crippen LogP contribution is 2.36. The maximum atomic E-state index is 12.7. The first-order chi connectivity index (χ1) is 12.5. The molecule has 1 aliphatic rings. The van der Waals surface area contributed by atoms with Gasteiger partial charge in [-0.05, 0) is 43.0 Å². The molecule has 0 fully saturated rings. The van der Waals surface area contributed by atoms with Gasteiger partial charge in [0.15, 0.2) is 6.10 Å². The fraction of sp³-hybridized carbons (Fsp3) is 0.316. The van der Waals surface area contributed by atoms with Gasteiger partial charge in [-0.1, -0.05) is 13.0 Å². The Balaban J connectivity index is 1.98. The lowest BCUT2D eigenvalue weighted by Gasteiger charge is -2.33. The molecule has 0 saturated heterocycles. The topological polar surface area (TPSA) is 72.9 Å². The van der Waals surface area contributed by atoms with Gasteiger partial charge in [0.25, 0.3) is 5.91 Å². The lowest BCUT2D eigenvalue weighted by molar-refractivity contribution is -0.143. The van der Waals surface area contributed by atoms with Crippen molar-refractivity contribution in [2.24, 2.45) is 0 Å². The summed E-state index contributed by atoms with van der Waals surface area (Å²) < 4.78 is 10.7. The minimum absolute atomic E-state index is 0.135. The maximum Gasteiger partial charge on any atom is 0.326 e. The molecule has 2 heterocycles. The van der Waals surface area contributed by atoms with Crippen LogP contribution in [0.1, 0.15) is 35.5 Å². The van der Waals surface area contributed by atoms with Gasteiger partial charge in [0.2, 0.25) is 5.78 Å². The zero-order valence-corrected chi connectivity index (χ0v) is 15.4. The molecule has 0 radical (unpaired) electrons. The maximum absolute atomic E-state index is 12.7. The van der Waals surface area contributed by atoms with E-state index in [0.717, 1.165) is 0 Å². The molecule has 2 aromatic rings. The number of carbonyl (C=O) groups is 3. The number of carbonyl (C=O) groups excluding carboxylic acids is 3. The first-order valence-electron chi connectivity index (χ1n) is 8.41. The predicted molar refractivity (Wildman–Crippen MR) is 97.9 cm³/mol. The Labute approximate surface area is 155 Å². The Kier molecular flexibility index (Phi) is 5.37. The third-order valence-corrected chi connectivity index (χ3v) is 4.90. The summed E-state index contributed by atoms with van der Waals surface area (Å²) in [5.74, 6) is -0.472. The molecule has 1 amide bonds. The van der Waals surface area contributed by atoms with Crippen molar-refractivity contribution in [2.45, 2.75) is 26.4 Å². The van der Waals surface area contributed by atoms with E-state index in [2.05, 4.69) is 0 Å². The number of amides is 1. The van der Waals surface area contributed by atoms with Crippen LogP contribution in [0, 0.1) is 0 Å². The van der Waals surface area contributed by atoms with Crippen molar-refractivity contribution in [2.75, 3.05) is 18.1 Å². The Morgan fingerprint density at radius 1 is 1.27 bits per heavy atom. The van der Waals surface area contributed by atoms with E-state index >= 15 is 0 Å². The quantitative estimate of drug-likeness (QED) is 0.575. The average molecular weight is 373 g/mol. The van der Waals surface area contributed by atoms with Crippen molar-refractivity contribution in [1.29, 1.82) is 0 Å². The minimum Gasteiger partial charge on any atom is -0.478 e. The summed E-state index contributed by atoms with van der Waals surface area (Å²) in [6, 6.07) is 8.50. The standard InChI is InChI=1S/C19H19NO5S/c1-3-14-19(23)20(11-17(21)24-4-2)13-10-12(7-8-15(13)25-14)18(22)16-6-5-9-26-16/h5-10,14H,3-4,11H2,1-2H3/t14-/m0/s1. The highest BCUT2D eigenvalue weighted by molar-refractivity contribution is 7.12. The number of anilines is 1. The van der Waals surface area contributed by atoms with Crippen LogP contribution in [-0.2, 0) is 14.3 Å². The molecule has 0 unspecified atom stereocenters. The van der Waals surface area contributed by atoms with Gasteiger partial charge in [-0.3, -0.25) is 19.3 Å². The van der Waals surface area contributed by atoms with E-state index < -0.39 is 12.1 Å². The van der Waals surface area contributed by atoms with Crippen LogP contribution in [0.4, 0.5) is 5.69 Å². The zero-order valence-electron chi connectivity index (χ0n) is 14.6. The fourth-order valence-electron chi connectivity index (χ4n) is 2.77. The number of hydrogen-bond donors (Lipinski definition) is 0. The molecule has 3 rings (SSSR count). The molecule has 1 aromatic heterocycles. The van der Waals surface area contributed by atoms with Crippen molar-refractivity contribution < 1.29 is 23.9 Å². The fourth-order valence-corrected chi connectivity index (χ4v) is 3.46. The van der Waals surface area contributed by atoms with Crippen LogP contribution in [0.2, 0.25) is 0 Å². The van der Waals surface area contributed by atoms with Gasteiger partial charge < -0.3 is 9.47 Å². The lowest BCUT2D eigenvalue weighted by Crippen LogP contribution is -2.48. The normalized spacial score (nSPS) is 16.0. The summed E-state index contributed by atoms with van der Waals surface area (Å²) in [6.07, 6.45) is -0.177. The molecule has 0 N–H and O–H groups in total. The van der Waals surface area contributed by atoms with Gasteiger partial charge in [0.1, 0.15) is 12.3 Å². The first kappa shape index (κ1) is 18.1. The Hall–Kier alpha value is -2.67. The molecule has 7 heteroatoms. The minimum atomic E-state index is -0.657. The molecular weight excluding hydrogens is 354 g/mol. The number of hydrogen-bond acceptors (Lipinski definition) is 6. The van der Waals surface area contributed by atoms with E-state index in [1.807, 2.05) is 18.4 Å². The third-order valence-electron chi connectivity index (χ3n) is 4.03. The van der Waals surface area contributed by atoms with Gasteiger partial charge in [-0.25, -0.2) is 0 Å². The number of esters is 1. The number of thiophene rings is 1. The van der Waals surface area contributed by atoms with Crippen LogP contribution in [0.5, 0.6) is 5.75 Å². The molecule has 1 atom stereocenters.